The number of fused-ring (bicyclic) bond motifs is 2. The zero-order valence-electron chi connectivity index (χ0n) is 51.7. The van der Waals surface area contributed by atoms with E-state index in [0.29, 0.717) is 87.7 Å². The van der Waals surface area contributed by atoms with Crippen LogP contribution < -0.4 is 0 Å². The fourth-order valence-electron chi connectivity index (χ4n) is 13.6. The van der Waals surface area contributed by atoms with Gasteiger partial charge in [0.1, 0.15) is 29.1 Å². The molecule has 438 valence electrons. The monoisotopic (exact) mass is 1080 g/mol. The van der Waals surface area contributed by atoms with Crippen LogP contribution in [0.25, 0.3) is 0 Å². The number of carbonyl (C=O) groups excluding carboxylic acids is 7. The molecule has 2 saturated heterocycles. The van der Waals surface area contributed by atoms with Crippen LogP contribution in [0.4, 0.5) is 0 Å². The number of ketones is 7. The number of aliphatic hydroxyl groups is 3. The van der Waals surface area contributed by atoms with Gasteiger partial charge in [-0.05, 0) is 117 Å². The SMILES string of the molecule is CC1(C)CC(=O)C2OC2(C)C1.CC1(C)CC(=O)CC(C)(C)C1O.CC1(C)CC(=O)CC2(C)OC12.CC1=C(O)C(=O)CC(C)(C)C1.CC1=CC(=O)CC(C)(C)C1.CC1=CC(=O)CC(C)(C)C1O.CC1=CC(C)(C)CC(=O)C1.O. The highest BCUT2D eigenvalue weighted by molar-refractivity contribution is 5.95. The van der Waals surface area contributed by atoms with Crippen LogP contribution in [0.1, 0.15) is 236 Å². The van der Waals surface area contributed by atoms with Crippen LogP contribution in [0.5, 0.6) is 0 Å². The number of ether oxygens (including phenoxy) is 2. The number of hydrogen-bond donors (Lipinski definition) is 3. The maximum atomic E-state index is 11.3. The summed E-state index contributed by atoms with van der Waals surface area (Å²) in [6.07, 6.45) is 13.9. The Labute approximate surface area is 463 Å². The van der Waals surface area contributed by atoms with Gasteiger partial charge in [-0.1, -0.05) is 128 Å². The molecule has 5 N–H and O–H groups in total. The molecule has 0 aromatic rings. The van der Waals surface area contributed by atoms with Crippen molar-refractivity contribution in [3.05, 3.63) is 46.3 Å². The van der Waals surface area contributed by atoms with Crippen LogP contribution in [-0.4, -0.2) is 96.9 Å². The summed E-state index contributed by atoms with van der Waals surface area (Å²) in [5.41, 5.74) is 3.65. The maximum absolute atomic E-state index is 11.3. The number of Topliss-reactive ketones (excluding diaryl/α,β-unsaturated/α-hetero) is 5. The first kappa shape index (κ1) is 69.4. The van der Waals surface area contributed by atoms with Crippen LogP contribution in [0.2, 0.25) is 0 Å². The van der Waals surface area contributed by atoms with Gasteiger partial charge in [-0.25, -0.2) is 0 Å². The van der Waals surface area contributed by atoms with Crippen molar-refractivity contribution in [2.45, 2.75) is 271 Å². The van der Waals surface area contributed by atoms with E-state index < -0.39 is 6.10 Å². The lowest BCUT2D eigenvalue weighted by Crippen LogP contribution is -2.48. The maximum Gasteiger partial charge on any atom is 0.197 e. The largest absolute Gasteiger partial charge is 0.504 e. The van der Waals surface area contributed by atoms with Crippen molar-refractivity contribution in [1.29, 1.82) is 0 Å². The standard InChI is InChI=1S/C10H18O2.4C9H14O2.2C9H14O.H2O/c1-9(2)5-7(11)6-10(3,4)8(9)12;1-8(2)4-6(10)7-9(3,5-8)11-7;1-8(2)4-6(10)5-9(3)7(8)11-9;1-6-4-9(2,3)5-7(10)8(6)11;1-6-4-7(10)5-9(2,3)8(6)11;2*1-7-4-8(10)6-9(2,3)5-7;/h8,12H,5-6H2,1-4H3;2*7H,4-5H2,1-3H3;11H,4-5H2,1-3H3;4,8,11H,5H2,1-3H3;5H,4,6H2,1-3H3;4H,5-6H2,1-3H3;1H2. The number of hydrogen-bond acceptors (Lipinski definition) is 12. The van der Waals surface area contributed by atoms with Gasteiger partial charge in [0.25, 0.3) is 0 Å². The van der Waals surface area contributed by atoms with Gasteiger partial charge in [-0.15, -0.1) is 0 Å². The lowest BCUT2D eigenvalue weighted by Gasteiger charge is -2.45. The normalized spacial score (nSPS) is 31.9. The van der Waals surface area contributed by atoms with Crippen LogP contribution in [0.3, 0.4) is 0 Å². The molecule has 13 nitrogen and oxygen atoms in total. The van der Waals surface area contributed by atoms with Gasteiger partial charge in [-0.2, -0.15) is 0 Å². The lowest BCUT2D eigenvalue weighted by molar-refractivity contribution is -0.140. The number of epoxide rings is 2. The third-order valence-electron chi connectivity index (χ3n) is 16.1. The highest BCUT2D eigenvalue weighted by atomic mass is 16.6. The van der Waals surface area contributed by atoms with E-state index in [1.807, 2.05) is 90.0 Å². The molecule has 9 aliphatic rings. The van der Waals surface area contributed by atoms with Crippen molar-refractivity contribution >= 4 is 40.5 Å². The predicted octanol–water partition coefficient (Wildman–Crippen LogP) is 12.1. The smallest absolute Gasteiger partial charge is 0.197 e. The molecule has 13 heteroatoms. The van der Waals surface area contributed by atoms with Gasteiger partial charge in [-0.3, -0.25) is 33.6 Å². The number of aliphatic hydroxyl groups excluding tert-OH is 3. The average Bonchev–Trinajstić information content (AvgIpc) is 4.06. The van der Waals surface area contributed by atoms with Gasteiger partial charge in [0.2, 0.25) is 0 Å². The first-order valence-corrected chi connectivity index (χ1v) is 27.8. The van der Waals surface area contributed by atoms with Gasteiger partial charge >= 0.3 is 0 Å². The minimum absolute atomic E-state index is 0. The molecule has 0 aromatic heterocycles. The molecule has 0 amide bonds. The molecule has 5 unspecified atom stereocenters. The minimum Gasteiger partial charge on any atom is -0.504 e. The van der Waals surface area contributed by atoms with Crippen LogP contribution in [-0.2, 0) is 43.0 Å². The molecule has 0 aromatic carbocycles. The Hall–Kier alpha value is -3.75. The van der Waals surface area contributed by atoms with Crippen LogP contribution in [0.15, 0.2) is 46.3 Å². The van der Waals surface area contributed by atoms with E-state index in [1.54, 1.807) is 13.0 Å². The molecule has 9 rings (SSSR count). The van der Waals surface area contributed by atoms with Crippen molar-refractivity contribution in [2.24, 2.45) is 43.3 Å². The zero-order valence-corrected chi connectivity index (χ0v) is 51.7. The van der Waals surface area contributed by atoms with Crippen LogP contribution in [0, 0.1) is 43.3 Å². The summed E-state index contributed by atoms with van der Waals surface area (Å²) in [5, 5.41) is 28.7. The second kappa shape index (κ2) is 24.5. The number of carbonyl (C=O) groups is 7. The lowest BCUT2D eigenvalue weighted by atomic mass is 9.62. The Morgan fingerprint density at radius 2 is 0.974 bits per heavy atom. The fraction of sp³-hybridized carbons (Fsp3) is 0.766. The number of rotatable bonds is 0. The molecule has 77 heavy (non-hydrogen) atoms. The Kier molecular flexibility index (Phi) is 22.1. The molecule has 2 aliphatic heterocycles. The Morgan fingerprint density at radius 1 is 0.481 bits per heavy atom. The zero-order chi connectivity index (χ0) is 59.0. The highest BCUT2D eigenvalue weighted by Gasteiger charge is 2.64. The van der Waals surface area contributed by atoms with Crippen molar-refractivity contribution < 1.29 is 63.8 Å². The van der Waals surface area contributed by atoms with Crippen molar-refractivity contribution in [1.82, 2.24) is 0 Å². The molecular formula is C64H104O13. The first-order chi connectivity index (χ1) is 34.0. The molecule has 0 bridgehead atoms. The summed E-state index contributed by atoms with van der Waals surface area (Å²) < 4.78 is 10.9. The third-order valence-corrected chi connectivity index (χ3v) is 16.1. The fourth-order valence-corrected chi connectivity index (χ4v) is 13.6. The summed E-state index contributed by atoms with van der Waals surface area (Å²) in [4.78, 5) is 78.1. The quantitative estimate of drug-likeness (QED) is 0.152. The topological polar surface area (TPSA) is 237 Å². The van der Waals surface area contributed by atoms with Gasteiger partial charge in [0.05, 0.1) is 23.9 Å². The van der Waals surface area contributed by atoms with E-state index in [4.69, 9.17) is 9.47 Å². The van der Waals surface area contributed by atoms with Crippen molar-refractivity contribution in [2.75, 3.05) is 0 Å². The first-order valence-electron chi connectivity index (χ1n) is 27.8. The second-order valence-corrected chi connectivity index (χ2v) is 30.6. The van der Waals surface area contributed by atoms with Gasteiger partial charge in [0.15, 0.2) is 28.9 Å². The Balaban J connectivity index is 0.000000307. The van der Waals surface area contributed by atoms with E-state index in [-0.39, 0.29) is 101 Å². The Bertz CT molecular complexity index is 2350. The van der Waals surface area contributed by atoms with E-state index >= 15 is 0 Å². The molecule has 5 atom stereocenters. The van der Waals surface area contributed by atoms with Gasteiger partial charge in [0, 0.05) is 75.0 Å². The van der Waals surface area contributed by atoms with Crippen molar-refractivity contribution in [3.8, 4) is 0 Å². The Morgan fingerprint density at radius 3 is 1.42 bits per heavy atom. The van der Waals surface area contributed by atoms with Crippen LogP contribution >= 0.6 is 0 Å². The van der Waals surface area contributed by atoms with Crippen molar-refractivity contribution in [3.63, 3.8) is 0 Å². The summed E-state index contributed by atoms with van der Waals surface area (Å²) in [5.74, 6) is 1.59. The second-order valence-electron chi connectivity index (χ2n) is 30.6. The van der Waals surface area contributed by atoms with Gasteiger partial charge < -0.3 is 30.3 Å². The van der Waals surface area contributed by atoms with E-state index in [2.05, 4.69) is 61.5 Å². The number of allylic oxidation sites excluding steroid dienone is 7. The minimum atomic E-state index is -0.458. The highest BCUT2D eigenvalue weighted by Crippen LogP contribution is 2.55. The molecule has 0 radical (unpaired) electrons. The van der Waals surface area contributed by atoms with E-state index in [9.17, 15) is 48.9 Å². The molecule has 5 fully saturated rings. The summed E-state index contributed by atoms with van der Waals surface area (Å²) >= 11 is 0. The molecule has 2 heterocycles. The molecule has 3 saturated carbocycles. The van der Waals surface area contributed by atoms with E-state index in [1.165, 1.54) is 17.2 Å². The molecular weight excluding hydrogens is 977 g/mol. The van der Waals surface area contributed by atoms with E-state index in [0.717, 1.165) is 30.4 Å². The molecule has 7 aliphatic carbocycles. The molecule has 0 spiro atoms. The summed E-state index contributed by atoms with van der Waals surface area (Å²) in [6.45, 7) is 44.4. The third kappa shape index (κ3) is 20.4. The summed E-state index contributed by atoms with van der Waals surface area (Å²) in [6, 6.07) is 0. The predicted molar refractivity (Wildman–Crippen MR) is 304 cm³/mol. The summed E-state index contributed by atoms with van der Waals surface area (Å²) in [7, 11) is 0. The average molecular weight is 1080 g/mol.